The minimum absolute atomic E-state index is 0.0734. The predicted molar refractivity (Wildman–Crippen MR) is 137 cm³/mol. The van der Waals surface area contributed by atoms with Crippen LogP contribution in [0.4, 0.5) is 0 Å². The molecule has 8 heteroatoms. The Hall–Kier alpha value is -2.62. The summed E-state index contributed by atoms with van der Waals surface area (Å²) in [5.41, 5.74) is 3.43. The van der Waals surface area contributed by atoms with Crippen molar-refractivity contribution in [2.45, 2.75) is 6.61 Å². The first-order valence-corrected chi connectivity index (χ1v) is 12.0. The summed E-state index contributed by atoms with van der Waals surface area (Å²) in [6, 6.07) is 19.0. The number of nitrogens with zero attached hydrogens (tertiary/aromatic N) is 2. The zero-order valence-corrected chi connectivity index (χ0v) is 20.6. The van der Waals surface area contributed by atoms with Crippen molar-refractivity contribution in [2.75, 3.05) is 7.11 Å². The van der Waals surface area contributed by atoms with Crippen LogP contribution in [0, 0.1) is 3.57 Å². The lowest BCUT2D eigenvalue weighted by atomic mass is 10.2. The van der Waals surface area contributed by atoms with E-state index < -0.39 is 0 Å². The van der Waals surface area contributed by atoms with Gasteiger partial charge in [-0.2, -0.15) is 0 Å². The molecule has 5 rings (SSSR count). The summed E-state index contributed by atoms with van der Waals surface area (Å²) < 4.78 is 14.8. The van der Waals surface area contributed by atoms with E-state index in [2.05, 4.69) is 27.6 Å². The molecule has 0 atom stereocenters. The highest BCUT2D eigenvalue weighted by molar-refractivity contribution is 14.1. The second-order valence-electron chi connectivity index (χ2n) is 7.08. The van der Waals surface area contributed by atoms with E-state index in [-0.39, 0.29) is 5.56 Å². The van der Waals surface area contributed by atoms with Gasteiger partial charge in [0.25, 0.3) is 5.56 Å². The molecule has 0 fully saturated rings. The van der Waals surface area contributed by atoms with Crippen LogP contribution in [0.1, 0.15) is 11.1 Å². The van der Waals surface area contributed by atoms with Gasteiger partial charge in [0.05, 0.1) is 26.2 Å². The van der Waals surface area contributed by atoms with Crippen LogP contribution in [0.15, 0.2) is 65.5 Å². The SMILES string of the molecule is COc1cc(/C=c2\sc3nc4ccccc4n3c2=O)cc(I)c1OCc1ccc(Cl)cc1. The van der Waals surface area contributed by atoms with Gasteiger partial charge in [-0.1, -0.05) is 47.2 Å². The molecule has 0 aliphatic rings. The number of ether oxygens (including phenoxy) is 2. The molecule has 32 heavy (non-hydrogen) atoms. The lowest BCUT2D eigenvalue weighted by Gasteiger charge is -2.13. The fraction of sp³-hybridized carbons (Fsp3) is 0.0833. The van der Waals surface area contributed by atoms with Crippen LogP contribution in [0.2, 0.25) is 5.02 Å². The Morgan fingerprint density at radius 2 is 1.94 bits per heavy atom. The topological polar surface area (TPSA) is 52.8 Å². The molecule has 5 nitrogen and oxygen atoms in total. The summed E-state index contributed by atoms with van der Waals surface area (Å²) in [7, 11) is 1.61. The highest BCUT2D eigenvalue weighted by Crippen LogP contribution is 2.35. The number of aromatic nitrogens is 2. The molecule has 0 unspecified atom stereocenters. The molecule has 0 aliphatic carbocycles. The second kappa shape index (κ2) is 8.73. The highest BCUT2D eigenvalue weighted by Gasteiger charge is 2.14. The van der Waals surface area contributed by atoms with E-state index in [1.807, 2.05) is 66.7 Å². The van der Waals surface area contributed by atoms with Crippen LogP contribution in [0.25, 0.3) is 22.1 Å². The van der Waals surface area contributed by atoms with Crippen molar-refractivity contribution in [2.24, 2.45) is 0 Å². The van der Waals surface area contributed by atoms with E-state index in [1.54, 1.807) is 11.5 Å². The molecule has 0 aliphatic heterocycles. The minimum atomic E-state index is -0.0734. The van der Waals surface area contributed by atoms with Crippen molar-refractivity contribution >= 4 is 67.6 Å². The van der Waals surface area contributed by atoms with Crippen molar-refractivity contribution in [3.05, 3.63) is 95.3 Å². The van der Waals surface area contributed by atoms with Crippen molar-refractivity contribution in [1.82, 2.24) is 9.38 Å². The lowest BCUT2D eigenvalue weighted by Crippen LogP contribution is -2.22. The average Bonchev–Trinajstić information content (AvgIpc) is 3.30. The molecule has 2 aromatic heterocycles. The molecular weight excluding hydrogens is 559 g/mol. The molecule has 0 bridgehead atoms. The lowest BCUT2D eigenvalue weighted by molar-refractivity contribution is 0.282. The summed E-state index contributed by atoms with van der Waals surface area (Å²) >= 11 is 9.55. The Kier molecular flexibility index (Phi) is 5.79. The van der Waals surface area contributed by atoms with Crippen LogP contribution < -0.4 is 19.6 Å². The number of fused-ring (bicyclic) bond motifs is 3. The number of para-hydroxylation sites is 2. The van der Waals surface area contributed by atoms with E-state index in [9.17, 15) is 4.79 Å². The number of methoxy groups -OCH3 is 1. The van der Waals surface area contributed by atoms with Crippen molar-refractivity contribution < 1.29 is 9.47 Å². The second-order valence-corrected chi connectivity index (χ2v) is 9.69. The fourth-order valence-corrected chi connectivity index (χ4v) is 5.36. The van der Waals surface area contributed by atoms with E-state index >= 15 is 0 Å². The molecule has 0 spiro atoms. The Labute approximate surface area is 206 Å². The highest BCUT2D eigenvalue weighted by atomic mass is 127. The molecular formula is C24H16ClIN2O3S. The largest absolute Gasteiger partial charge is 0.493 e. The van der Waals surface area contributed by atoms with Crippen molar-refractivity contribution in [3.8, 4) is 11.5 Å². The maximum atomic E-state index is 13.0. The third-order valence-corrected chi connectivity index (χ3v) is 7.01. The standard InChI is InChI=1S/C24H16ClIN2O3S/c1-30-20-11-15(10-17(26)22(20)31-13-14-6-8-16(25)9-7-14)12-21-23(29)28-19-5-3-2-4-18(19)27-24(28)32-21/h2-12H,13H2,1H3/b21-12-. The van der Waals surface area contributed by atoms with Gasteiger partial charge < -0.3 is 9.47 Å². The zero-order chi connectivity index (χ0) is 22.2. The Morgan fingerprint density at radius 1 is 1.16 bits per heavy atom. The van der Waals surface area contributed by atoms with E-state index in [1.165, 1.54) is 11.3 Å². The summed E-state index contributed by atoms with van der Waals surface area (Å²) in [5, 5.41) is 0.688. The summed E-state index contributed by atoms with van der Waals surface area (Å²) in [6.45, 7) is 0.395. The number of imidazole rings is 1. The van der Waals surface area contributed by atoms with Gasteiger partial charge >= 0.3 is 0 Å². The molecule has 0 N–H and O–H groups in total. The maximum absolute atomic E-state index is 13.0. The quantitative estimate of drug-likeness (QED) is 0.267. The fourth-order valence-electron chi connectivity index (χ4n) is 3.46. The zero-order valence-electron chi connectivity index (χ0n) is 16.8. The predicted octanol–water partition coefficient (Wildman–Crippen LogP) is 5.30. The van der Waals surface area contributed by atoms with Gasteiger partial charge in [-0.15, -0.1) is 0 Å². The summed E-state index contributed by atoms with van der Waals surface area (Å²) in [6.07, 6.45) is 1.87. The van der Waals surface area contributed by atoms with Crippen LogP contribution in [-0.2, 0) is 6.61 Å². The van der Waals surface area contributed by atoms with Crippen molar-refractivity contribution in [1.29, 1.82) is 0 Å². The molecule has 2 heterocycles. The Morgan fingerprint density at radius 3 is 2.72 bits per heavy atom. The molecule has 5 aromatic rings. The number of benzene rings is 3. The van der Waals surface area contributed by atoms with E-state index in [0.717, 1.165) is 25.7 Å². The van der Waals surface area contributed by atoms with Gasteiger partial charge in [0.2, 0.25) is 0 Å². The third kappa shape index (κ3) is 3.96. The normalized spacial score (nSPS) is 12.0. The molecule has 0 radical (unpaired) electrons. The Bertz CT molecular complexity index is 1560. The first-order chi connectivity index (χ1) is 15.5. The first-order valence-electron chi connectivity index (χ1n) is 9.70. The molecule has 0 amide bonds. The first kappa shape index (κ1) is 21.2. The smallest absolute Gasteiger partial charge is 0.274 e. The van der Waals surface area contributed by atoms with Gasteiger partial charge in [0.1, 0.15) is 6.61 Å². The number of hydrogen-bond acceptors (Lipinski definition) is 5. The summed E-state index contributed by atoms with van der Waals surface area (Å²) in [4.78, 5) is 18.3. The van der Waals surface area contributed by atoms with Gasteiger partial charge in [-0.25, -0.2) is 9.38 Å². The van der Waals surface area contributed by atoms with Crippen LogP contribution in [0.5, 0.6) is 11.5 Å². The van der Waals surface area contributed by atoms with Crippen LogP contribution in [-0.4, -0.2) is 16.5 Å². The molecule has 3 aromatic carbocycles. The van der Waals surface area contributed by atoms with E-state index in [0.29, 0.717) is 32.6 Å². The summed E-state index contributed by atoms with van der Waals surface area (Å²) in [5.74, 6) is 1.27. The average molecular weight is 575 g/mol. The molecule has 160 valence electrons. The van der Waals surface area contributed by atoms with Gasteiger partial charge in [0, 0.05) is 5.02 Å². The third-order valence-electron chi connectivity index (χ3n) is 4.99. The van der Waals surface area contributed by atoms with Gasteiger partial charge in [-0.05, 0) is 76.2 Å². The number of hydrogen-bond donors (Lipinski definition) is 0. The van der Waals surface area contributed by atoms with Crippen LogP contribution >= 0.6 is 45.5 Å². The number of halogens is 2. The molecule has 0 saturated carbocycles. The van der Waals surface area contributed by atoms with Crippen LogP contribution in [0.3, 0.4) is 0 Å². The monoisotopic (exact) mass is 574 g/mol. The minimum Gasteiger partial charge on any atom is -0.493 e. The van der Waals surface area contributed by atoms with Gasteiger partial charge in [-0.3, -0.25) is 4.79 Å². The Balaban J connectivity index is 1.51. The van der Waals surface area contributed by atoms with E-state index in [4.69, 9.17) is 21.1 Å². The number of thiazole rings is 1. The molecule has 0 saturated heterocycles. The maximum Gasteiger partial charge on any atom is 0.274 e. The van der Waals surface area contributed by atoms with Crippen molar-refractivity contribution in [3.63, 3.8) is 0 Å². The van der Waals surface area contributed by atoms with Gasteiger partial charge in [0.15, 0.2) is 16.5 Å². The number of rotatable bonds is 5.